The van der Waals surface area contributed by atoms with Crippen LogP contribution in [0.1, 0.15) is 19.4 Å². The molecule has 1 saturated heterocycles. The van der Waals surface area contributed by atoms with Crippen molar-refractivity contribution in [1.29, 1.82) is 0 Å². The molecule has 1 heterocycles. The van der Waals surface area contributed by atoms with Gasteiger partial charge in [0.2, 0.25) is 0 Å². The third kappa shape index (κ3) is 4.79. The van der Waals surface area contributed by atoms with Crippen LogP contribution in [0.3, 0.4) is 0 Å². The number of rotatable bonds is 5. The van der Waals surface area contributed by atoms with Gasteiger partial charge in [0.15, 0.2) is 5.17 Å². The molecule has 6 nitrogen and oxygen atoms in total. The Morgan fingerprint density at radius 3 is 2.39 bits per heavy atom. The van der Waals surface area contributed by atoms with E-state index >= 15 is 0 Å². The highest BCUT2D eigenvalue weighted by Gasteiger charge is 2.33. The summed E-state index contributed by atoms with van der Waals surface area (Å²) in [5, 5.41) is 12.0. The normalized spacial score (nSPS) is 17.1. The van der Waals surface area contributed by atoms with E-state index in [1.54, 1.807) is 47.4 Å². The first-order valence-electron chi connectivity index (χ1n) is 8.63. The number of nitro groups is 1. The van der Waals surface area contributed by atoms with E-state index in [4.69, 9.17) is 11.6 Å². The van der Waals surface area contributed by atoms with E-state index in [0.717, 1.165) is 5.56 Å². The Labute approximate surface area is 172 Å². The molecule has 0 spiro atoms. The monoisotopic (exact) mass is 415 g/mol. The number of non-ortho nitro benzene ring substituents is 1. The van der Waals surface area contributed by atoms with E-state index in [2.05, 4.69) is 4.99 Å². The summed E-state index contributed by atoms with van der Waals surface area (Å²) >= 11 is 7.22. The maximum Gasteiger partial charge on any atom is 0.269 e. The van der Waals surface area contributed by atoms with Gasteiger partial charge in [-0.05, 0) is 65.7 Å². The van der Waals surface area contributed by atoms with Crippen molar-refractivity contribution >= 4 is 51.9 Å². The molecule has 0 atom stereocenters. The highest BCUT2D eigenvalue weighted by molar-refractivity contribution is 8.18. The van der Waals surface area contributed by atoms with Crippen LogP contribution in [0.25, 0.3) is 6.08 Å². The fraction of sp³-hybridized carbons (Fsp3) is 0.200. The first kappa shape index (κ1) is 20.1. The lowest BCUT2D eigenvalue weighted by Gasteiger charge is -2.17. The standard InChI is InChI=1S/C20H18ClN3O3S/c1-13(2)12-23-19(25)18(11-14-3-9-17(10-4-14)24(26)27)28-20(23)22-16-7-5-15(21)6-8-16/h3-11,13H,12H2,1-2H3/b18-11+,22-20?. The summed E-state index contributed by atoms with van der Waals surface area (Å²) in [5.74, 6) is 0.156. The Bertz CT molecular complexity index is 954. The number of carbonyl (C=O) groups excluding carboxylic acids is 1. The van der Waals surface area contributed by atoms with Crippen LogP contribution in [0.2, 0.25) is 5.02 Å². The number of thioether (sulfide) groups is 1. The van der Waals surface area contributed by atoms with Crippen molar-refractivity contribution in [3.63, 3.8) is 0 Å². The zero-order valence-electron chi connectivity index (χ0n) is 15.3. The Hall–Kier alpha value is -2.64. The molecule has 0 N–H and O–H groups in total. The number of hydrogen-bond acceptors (Lipinski definition) is 5. The van der Waals surface area contributed by atoms with Crippen LogP contribution < -0.4 is 0 Å². The summed E-state index contributed by atoms with van der Waals surface area (Å²) in [5.41, 5.74) is 1.45. The molecule has 2 aromatic carbocycles. The molecule has 28 heavy (non-hydrogen) atoms. The van der Waals surface area contributed by atoms with Gasteiger partial charge in [-0.1, -0.05) is 25.4 Å². The molecule has 0 saturated carbocycles. The predicted molar refractivity (Wildman–Crippen MR) is 114 cm³/mol. The molecule has 8 heteroatoms. The quantitative estimate of drug-likeness (QED) is 0.366. The molecular weight excluding hydrogens is 398 g/mol. The minimum absolute atomic E-state index is 0.0129. The molecule has 144 valence electrons. The molecule has 0 aliphatic carbocycles. The van der Waals surface area contributed by atoms with Crippen LogP contribution in [0, 0.1) is 16.0 Å². The lowest BCUT2D eigenvalue weighted by Crippen LogP contribution is -2.32. The minimum Gasteiger partial charge on any atom is -0.286 e. The number of hydrogen-bond donors (Lipinski definition) is 0. The van der Waals surface area contributed by atoms with Crippen molar-refractivity contribution in [2.24, 2.45) is 10.9 Å². The highest BCUT2D eigenvalue weighted by Crippen LogP contribution is 2.35. The number of benzene rings is 2. The molecule has 1 aliphatic rings. The van der Waals surface area contributed by atoms with Crippen LogP contribution in [-0.4, -0.2) is 27.4 Å². The Balaban J connectivity index is 1.92. The van der Waals surface area contributed by atoms with Gasteiger partial charge in [0.25, 0.3) is 11.6 Å². The Morgan fingerprint density at radius 2 is 1.82 bits per heavy atom. The molecule has 1 amide bonds. The number of amides is 1. The smallest absolute Gasteiger partial charge is 0.269 e. The molecule has 1 fully saturated rings. The van der Waals surface area contributed by atoms with E-state index in [9.17, 15) is 14.9 Å². The number of nitro benzene ring substituents is 1. The van der Waals surface area contributed by atoms with Crippen molar-refractivity contribution in [2.45, 2.75) is 13.8 Å². The second-order valence-corrected chi connectivity index (χ2v) is 8.09. The van der Waals surface area contributed by atoms with E-state index in [1.165, 1.54) is 23.9 Å². The van der Waals surface area contributed by atoms with Crippen molar-refractivity contribution in [3.05, 3.63) is 74.1 Å². The van der Waals surface area contributed by atoms with E-state index in [1.807, 2.05) is 13.8 Å². The van der Waals surface area contributed by atoms with Crippen molar-refractivity contribution in [3.8, 4) is 0 Å². The second kappa shape index (κ2) is 8.58. The maximum atomic E-state index is 12.9. The highest BCUT2D eigenvalue weighted by atomic mass is 35.5. The van der Waals surface area contributed by atoms with Crippen LogP contribution in [0.4, 0.5) is 11.4 Å². The fourth-order valence-corrected chi connectivity index (χ4v) is 3.72. The average Bonchev–Trinajstić information content (AvgIpc) is 2.92. The lowest BCUT2D eigenvalue weighted by atomic mass is 10.2. The molecule has 2 aromatic rings. The zero-order chi connectivity index (χ0) is 20.3. The number of carbonyl (C=O) groups is 1. The van der Waals surface area contributed by atoms with E-state index < -0.39 is 4.92 Å². The summed E-state index contributed by atoms with van der Waals surface area (Å²) in [7, 11) is 0. The third-order valence-corrected chi connectivity index (χ3v) is 5.15. The van der Waals surface area contributed by atoms with Crippen LogP contribution >= 0.6 is 23.4 Å². The van der Waals surface area contributed by atoms with E-state index in [0.29, 0.717) is 27.3 Å². The van der Waals surface area contributed by atoms with Crippen molar-refractivity contribution in [1.82, 2.24) is 4.90 Å². The first-order chi connectivity index (χ1) is 13.3. The zero-order valence-corrected chi connectivity index (χ0v) is 16.9. The van der Waals surface area contributed by atoms with Gasteiger partial charge in [0.05, 0.1) is 15.5 Å². The van der Waals surface area contributed by atoms with Gasteiger partial charge in [-0.15, -0.1) is 0 Å². The molecule has 0 unspecified atom stereocenters. The maximum absolute atomic E-state index is 12.9. The Morgan fingerprint density at radius 1 is 1.18 bits per heavy atom. The second-order valence-electron chi connectivity index (χ2n) is 6.64. The Kier molecular flexibility index (Phi) is 6.16. The summed E-state index contributed by atoms with van der Waals surface area (Å²) in [6.07, 6.45) is 1.73. The minimum atomic E-state index is -0.451. The van der Waals surface area contributed by atoms with Gasteiger partial charge in [-0.3, -0.25) is 19.8 Å². The molecule has 0 aromatic heterocycles. The van der Waals surface area contributed by atoms with Crippen molar-refractivity contribution < 1.29 is 9.72 Å². The average molecular weight is 416 g/mol. The van der Waals surface area contributed by atoms with Gasteiger partial charge in [-0.25, -0.2) is 4.99 Å². The number of halogens is 1. The van der Waals surface area contributed by atoms with Gasteiger partial charge in [-0.2, -0.15) is 0 Å². The molecule has 3 rings (SSSR count). The lowest BCUT2D eigenvalue weighted by molar-refractivity contribution is -0.384. The van der Waals surface area contributed by atoms with Crippen LogP contribution in [-0.2, 0) is 4.79 Å². The summed E-state index contributed by atoms with van der Waals surface area (Å²) in [6.45, 7) is 4.63. The number of nitrogens with zero attached hydrogens (tertiary/aromatic N) is 3. The topological polar surface area (TPSA) is 75.8 Å². The molecule has 1 aliphatic heterocycles. The fourth-order valence-electron chi connectivity index (χ4n) is 2.59. The van der Waals surface area contributed by atoms with Crippen LogP contribution in [0.15, 0.2) is 58.4 Å². The number of amidine groups is 1. The molecular formula is C20H18ClN3O3S. The summed E-state index contributed by atoms with van der Waals surface area (Å²) in [4.78, 5) is 30.1. The van der Waals surface area contributed by atoms with Crippen molar-refractivity contribution in [2.75, 3.05) is 6.54 Å². The van der Waals surface area contributed by atoms with E-state index in [-0.39, 0.29) is 17.5 Å². The predicted octanol–water partition coefficient (Wildman–Crippen LogP) is 5.51. The van der Waals surface area contributed by atoms with Gasteiger partial charge in [0, 0.05) is 23.7 Å². The van der Waals surface area contributed by atoms with Crippen LogP contribution in [0.5, 0.6) is 0 Å². The summed E-state index contributed by atoms with van der Waals surface area (Å²) < 4.78 is 0. The SMILES string of the molecule is CC(C)CN1C(=O)/C(=C\c2ccc([N+](=O)[O-])cc2)SC1=Nc1ccc(Cl)cc1. The molecule has 0 bridgehead atoms. The first-order valence-corrected chi connectivity index (χ1v) is 9.83. The van der Waals surface area contributed by atoms with Gasteiger partial charge < -0.3 is 0 Å². The number of aliphatic imine (C=N–C) groups is 1. The van der Waals surface area contributed by atoms with Gasteiger partial charge in [0.1, 0.15) is 0 Å². The largest absolute Gasteiger partial charge is 0.286 e. The third-order valence-electron chi connectivity index (χ3n) is 3.89. The van der Waals surface area contributed by atoms with Gasteiger partial charge >= 0.3 is 0 Å². The summed E-state index contributed by atoms with van der Waals surface area (Å²) in [6, 6.07) is 13.2. The molecule has 0 radical (unpaired) electrons.